The quantitative estimate of drug-likeness (QED) is 0.285. The summed E-state index contributed by atoms with van der Waals surface area (Å²) in [6.45, 7) is 8.21. The number of aryl methyl sites for hydroxylation is 1. The number of nitrogens with one attached hydrogen (secondary N) is 2. The van der Waals surface area contributed by atoms with Crippen molar-refractivity contribution in [2.24, 2.45) is 0 Å². The van der Waals surface area contributed by atoms with Gasteiger partial charge in [0.1, 0.15) is 16.9 Å². The maximum absolute atomic E-state index is 14.4. The summed E-state index contributed by atoms with van der Waals surface area (Å²) in [5, 5.41) is 17.6. The molecule has 12 heteroatoms. The number of carbonyl (C=O) groups is 1. The molecule has 1 amide bonds. The van der Waals surface area contributed by atoms with Gasteiger partial charge in [0.15, 0.2) is 5.52 Å². The molecule has 45 heavy (non-hydrogen) atoms. The summed E-state index contributed by atoms with van der Waals surface area (Å²) < 4.78 is 4.94. The molecule has 2 bridgehead atoms. The Morgan fingerprint density at radius 1 is 1.02 bits per heavy atom. The Labute approximate surface area is 259 Å². The number of amides is 1. The van der Waals surface area contributed by atoms with Gasteiger partial charge in [0, 0.05) is 24.1 Å². The summed E-state index contributed by atoms with van der Waals surface area (Å²) >= 11 is 0. The average molecular weight is 608 g/mol. The van der Waals surface area contributed by atoms with Gasteiger partial charge in [0.2, 0.25) is 11.7 Å². The lowest BCUT2D eigenvalue weighted by atomic mass is 9.76. The van der Waals surface area contributed by atoms with Crippen LogP contribution in [-0.2, 0) is 23.3 Å². The van der Waals surface area contributed by atoms with E-state index in [1.54, 1.807) is 4.68 Å². The van der Waals surface area contributed by atoms with Gasteiger partial charge in [-0.15, -0.1) is 10.2 Å². The number of fused-ring (bicyclic) bond motifs is 3. The van der Waals surface area contributed by atoms with Crippen LogP contribution < -0.4 is 16.4 Å². The van der Waals surface area contributed by atoms with Crippen LogP contribution in [0, 0.1) is 0 Å². The summed E-state index contributed by atoms with van der Waals surface area (Å²) in [5.41, 5.74) is 2.04. The third-order valence-corrected chi connectivity index (χ3v) is 9.11. The van der Waals surface area contributed by atoms with Crippen molar-refractivity contribution in [3.8, 4) is 22.5 Å². The number of nitrogens with zero attached hydrogens (tertiary/aromatic N) is 7. The van der Waals surface area contributed by atoms with Crippen LogP contribution in [0.5, 0.6) is 0 Å². The van der Waals surface area contributed by atoms with E-state index in [-0.39, 0.29) is 28.6 Å². The molecule has 2 aromatic carbocycles. The molecule has 0 atom stereocenters. The first-order chi connectivity index (χ1) is 21.6. The molecule has 2 aliphatic heterocycles. The number of imidazole rings is 1. The highest BCUT2D eigenvalue weighted by Crippen LogP contribution is 2.44. The number of rotatable bonds is 7. The summed E-state index contributed by atoms with van der Waals surface area (Å²) in [6.07, 6.45) is 3.81. The van der Waals surface area contributed by atoms with Crippen LogP contribution in [0.2, 0.25) is 0 Å². The SMILES string of the molecule is CCCc1nc2c(=O)n3n(c(=O)c2n1Cc1ccc(-c2ccccc2-c2nn[nH]n2)cc1)C1CCC3(C(=O)NC(C)(C)C)CC1. The maximum Gasteiger partial charge on any atom is 0.294 e. The zero-order valence-corrected chi connectivity index (χ0v) is 26.0. The second kappa shape index (κ2) is 10.6. The molecule has 5 heterocycles. The number of hydrogen-bond donors (Lipinski definition) is 2. The van der Waals surface area contributed by atoms with Crippen LogP contribution in [0.1, 0.15) is 77.2 Å². The molecule has 1 saturated carbocycles. The van der Waals surface area contributed by atoms with E-state index in [1.165, 1.54) is 4.68 Å². The van der Waals surface area contributed by atoms with Crippen LogP contribution in [0.3, 0.4) is 0 Å². The number of carbonyl (C=O) groups excluding carboxylic acids is 1. The summed E-state index contributed by atoms with van der Waals surface area (Å²) in [4.78, 5) is 47.2. The lowest BCUT2D eigenvalue weighted by Crippen LogP contribution is -2.65. The standard InChI is InChI=1S/C33H37N9O3/c1-5-8-25-34-26-27(30(44)41-22-15-17-33(18-16-22,42(41)29(26)43)31(45)35-32(2,3)4)40(25)19-20-11-13-21(14-12-20)23-9-6-7-10-24(23)28-36-38-39-37-28/h6-7,9-14,22H,5,8,15-19H2,1-4H3,(H,35,45)(H,36,37,38,39). The van der Waals surface area contributed by atoms with Crippen LogP contribution in [0.25, 0.3) is 33.5 Å². The van der Waals surface area contributed by atoms with Gasteiger partial charge >= 0.3 is 0 Å². The van der Waals surface area contributed by atoms with Gasteiger partial charge in [-0.05, 0) is 74.8 Å². The Balaban J connectivity index is 1.32. The summed E-state index contributed by atoms with van der Waals surface area (Å²) in [5.74, 6) is 1.000. The van der Waals surface area contributed by atoms with E-state index in [0.29, 0.717) is 55.8 Å². The van der Waals surface area contributed by atoms with Gasteiger partial charge in [-0.1, -0.05) is 55.5 Å². The summed E-state index contributed by atoms with van der Waals surface area (Å²) in [6, 6.07) is 15.9. The Hall–Kier alpha value is -4.87. The lowest BCUT2D eigenvalue weighted by molar-refractivity contribution is -0.138. The van der Waals surface area contributed by atoms with Crippen molar-refractivity contribution < 1.29 is 4.79 Å². The minimum atomic E-state index is -1.10. The first-order valence-electron chi connectivity index (χ1n) is 15.6. The fourth-order valence-electron chi connectivity index (χ4n) is 7.07. The molecule has 3 aromatic heterocycles. The van der Waals surface area contributed by atoms with E-state index < -0.39 is 11.1 Å². The van der Waals surface area contributed by atoms with E-state index >= 15 is 0 Å². The third-order valence-electron chi connectivity index (χ3n) is 9.11. The van der Waals surface area contributed by atoms with E-state index in [1.807, 2.05) is 73.9 Å². The van der Waals surface area contributed by atoms with E-state index in [9.17, 15) is 14.4 Å². The average Bonchev–Trinajstić information content (AvgIpc) is 3.69. The lowest BCUT2D eigenvalue weighted by Gasteiger charge is -2.48. The molecular weight excluding hydrogens is 570 g/mol. The monoisotopic (exact) mass is 607 g/mol. The zero-order chi connectivity index (χ0) is 31.5. The third kappa shape index (κ3) is 4.70. The number of hydrogen-bond acceptors (Lipinski definition) is 7. The molecule has 1 fully saturated rings. The number of benzene rings is 2. The molecule has 0 unspecified atom stereocenters. The predicted molar refractivity (Wildman–Crippen MR) is 170 cm³/mol. The molecular formula is C33H37N9O3. The van der Waals surface area contributed by atoms with Gasteiger partial charge in [0.05, 0.1) is 6.04 Å². The van der Waals surface area contributed by atoms with Crippen molar-refractivity contribution in [1.29, 1.82) is 0 Å². The highest BCUT2D eigenvalue weighted by molar-refractivity contribution is 5.86. The molecule has 2 N–H and O–H groups in total. The Morgan fingerprint density at radius 2 is 1.73 bits per heavy atom. The molecule has 8 rings (SSSR count). The van der Waals surface area contributed by atoms with Gasteiger partial charge in [-0.25, -0.2) is 14.3 Å². The highest BCUT2D eigenvalue weighted by atomic mass is 16.2. The van der Waals surface area contributed by atoms with Gasteiger partial charge in [0.25, 0.3) is 11.1 Å². The molecule has 12 nitrogen and oxygen atoms in total. The largest absolute Gasteiger partial charge is 0.349 e. The normalized spacial score (nSPS) is 19.2. The second-order valence-corrected chi connectivity index (χ2v) is 13.3. The molecule has 3 aliphatic rings. The fraction of sp³-hybridized carbons (Fsp3) is 0.424. The topological polar surface area (TPSA) is 145 Å². The van der Waals surface area contributed by atoms with Crippen molar-refractivity contribution in [3.05, 3.63) is 80.6 Å². The minimum absolute atomic E-state index is 0.129. The van der Waals surface area contributed by atoms with E-state index in [2.05, 4.69) is 32.9 Å². The highest BCUT2D eigenvalue weighted by Gasteiger charge is 2.52. The van der Waals surface area contributed by atoms with Crippen molar-refractivity contribution >= 4 is 16.9 Å². The fourth-order valence-corrected chi connectivity index (χ4v) is 7.07. The molecule has 5 aromatic rings. The first-order valence-corrected chi connectivity index (χ1v) is 15.6. The van der Waals surface area contributed by atoms with Crippen molar-refractivity contribution in [3.63, 3.8) is 0 Å². The Bertz CT molecular complexity index is 2020. The maximum atomic E-state index is 14.4. The number of aromatic nitrogens is 8. The van der Waals surface area contributed by atoms with E-state index in [4.69, 9.17) is 4.98 Å². The number of tetrazole rings is 1. The Kier molecular flexibility index (Phi) is 6.83. The second-order valence-electron chi connectivity index (χ2n) is 13.3. The van der Waals surface area contributed by atoms with Crippen LogP contribution >= 0.6 is 0 Å². The van der Waals surface area contributed by atoms with Gasteiger partial charge < -0.3 is 9.88 Å². The van der Waals surface area contributed by atoms with Gasteiger partial charge in [-0.3, -0.25) is 14.4 Å². The molecule has 0 saturated heterocycles. The van der Waals surface area contributed by atoms with Crippen molar-refractivity contribution in [2.45, 2.75) is 89.9 Å². The number of H-pyrrole nitrogens is 1. The molecule has 0 spiro atoms. The zero-order valence-electron chi connectivity index (χ0n) is 26.0. The van der Waals surface area contributed by atoms with Crippen LogP contribution in [0.4, 0.5) is 0 Å². The smallest absolute Gasteiger partial charge is 0.294 e. The van der Waals surface area contributed by atoms with Gasteiger partial charge in [-0.2, -0.15) is 5.21 Å². The summed E-state index contributed by atoms with van der Waals surface area (Å²) in [7, 11) is 0. The Morgan fingerprint density at radius 3 is 2.38 bits per heavy atom. The van der Waals surface area contributed by atoms with Crippen LogP contribution in [0.15, 0.2) is 58.1 Å². The van der Waals surface area contributed by atoms with Crippen molar-refractivity contribution in [2.75, 3.05) is 0 Å². The molecule has 232 valence electrons. The molecule has 1 aliphatic carbocycles. The minimum Gasteiger partial charge on any atom is -0.349 e. The predicted octanol–water partition coefficient (Wildman–Crippen LogP) is 3.95. The number of aromatic amines is 1. The van der Waals surface area contributed by atoms with Crippen LogP contribution in [-0.4, -0.2) is 51.0 Å². The first kappa shape index (κ1) is 28.9. The van der Waals surface area contributed by atoms with E-state index in [0.717, 1.165) is 28.7 Å². The van der Waals surface area contributed by atoms with Crippen molar-refractivity contribution in [1.82, 2.24) is 44.9 Å². The molecule has 0 radical (unpaired) electrons.